The molecule has 0 saturated heterocycles. The summed E-state index contributed by atoms with van der Waals surface area (Å²) >= 11 is 1.83. The lowest BCUT2D eigenvalue weighted by atomic mass is 10.1. The van der Waals surface area contributed by atoms with Gasteiger partial charge in [0.1, 0.15) is 5.82 Å². The van der Waals surface area contributed by atoms with Gasteiger partial charge in [0.2, 0.25) is 0 Å². The van der Waals surface area contributed by atoms with Crippen LogP contribution in [-0.2, 0) is 0 Å². The van der Waals surface area contributed by atoms with Crippen LogP contribution in [0.15, 0.2) is 30.5 Å². The molecule has 20 heavy (non-hydrogen) atoms. The number of carbonyl (C=O) groups is 1. The van der Waals surface area contributed by atoms with Crippen LogP contribution >= 0.6 is 11.8 Å². The van der Waals surface area contributed by atoms with E-state index >= 15 is 0 Å². The number of anilines is 1. The third-order valence-electron chi connectivity index (χ3n) is 3.27. The van der Waals surface area contributed by atoms with E-state index in [9.17, 15) is 9.90 Å². The van der Waals surface area contributed by atoms with Crippen LogP contribution in [0.3, 0.4) is 0 Å². The van der Waals surface area contributed by atoms with E-state index in [-0.39, 0.29) is 5.56 Å². The summed E-state index contributed by atoms with van der Waals surface area (Å²) in [7, 11) is 0. The highest BCUT2D eigenvalue weighted by Gasteiger charge is 2.12. The maximum atomic E-state index is 11.2. The predicted molar refractivity (Wildman–Crippen MR) is 84.8 cm³/mol. The number of carboxylic acids is 1. The second-order valence-electron chi connectivity index (χ2n) is 4.63. The number of pyridine rings is 1. The number of hydrogen-bond acceptors (Lipinski definition) is 4. The molecule has 0 bridgehead atoms. The summed E-state index contributed by atoms with van der Waals surface area (Å²) in [6.07, 6.45) is 4.56. The molecule has 1 aromatic heterocycles. The number of thioether (sulfide) groups is 1. The molecule has 1 aromatic carbocycles. The van der Waals surface area contributed by atoms with Crippen LogP contribution in [0.5, 0.6) is 0 Å². The number of hydrogen-bond donors (Lipinski definition) is 2. The highest BCUT2D eigenvalue weighted by molar-refractivity contribution is 7.99. The number of benzene rings is 1. The average Bonchev–Trinajstić information content (AvgIpc) is 2.46. The van der Waals surface area contributed by atoms with Gasteiger partial charge in [0.15, 0.2) is 0 Å². The van der Waals surface area contributed by atoms with Gasteiger partial charge in [-0.05, 0) is 12.7 Å². The van der Waals surface area contributed by atoms with Crippen molar-refractivity contribution in [3.63, 3.8) is 0 Å². The fraction of sp³-hybridized carbons (Fsp3) is 0.333. The number of aromatic carboxylic acids is 1. The minimum Gasteiger partial charge on any atom is -0.478 e. The van der Waals surface area contributed by atoms with Crippen molar-refractivity contribution in [3.05, 3.63) is 36.0 Å². The average molecular weight is 290 g/mol. The van der Waals surface area contributed by atoms with Gasteiger partial charge in [-0.15, -0.1) is 0 Å². The van der Waals surface area contributed by atoms with Crippen LogP contribution in [0, 0.1) is 0 Å². The van der Waals surface area contributed by atoms with Crippen molar-refractivity contribution < 1.29 is 9.90 Å². The van der Waals surface area contributed by atoms with E-state index in [1.165, 1.54) is 6.20 Å². The first-order valence-electron chi connectivity index (χ1n) is 6.51. The normalized spacial score (nSPS) is 12.3. The number of carboxylic acid groups (broad SMARTS) is 1. The molecular formula is C15H18N2O2S. The molecule has 0 aliphatic rings. The van der Waals surface area contributed by atoms with Gasteiger partial charge in [0.05, 0.1) is 5.56 Å². The van der Waals surface area contributed by atoms with Crippen LogP contribution in [0.1, 0.15) is 23.7 Å². The van der Waals surface area contributed by atoms with Crippen LogP contribution in [-0.4, -0.2) is 34.1 Å². The number of aromatic nitrogens is 1. The molecule has 106 valence electrons. The Balaban J connectivity index is 2.27. The van der Waals surface area contributed by atoms with Crippen LogP contribution < -0.4 is 5.32 Å². The summed E-state index contributed by atoms with van der Waals surface area (Å²) in [6.45, 7) is 3.01. The molecule has 0 fully saturated rings. The molecule has 0 spiro atoms. The van der Waals surface area contributed by atoms with E-state index in [0.717, 1.165) is 29.6 Å². The summed E-state index contributed by atoms with van der Waals surface area (Å²) in [5.74, 6) is -0.199. The monoisotopic (exact) mass is 290 g/mol. The first-order chi connectivity index (χ1) is 9.63. The molecule has 1 atom stereocenters. The van der Waals surface area contributed by atoms with Crippen LogP contribution in [0.4, 0.5) is 5.82 Å². The third-order valence-corrected chi connectivity index (χ3v) is 4.31. The molecule has 1 unspecified atom stereocenters. The zero-order chi connectivity index (χ0) is 14.5. The Labute approximate surface area is 122 Å². The highest BCUT2D eigenvalue weighted by Crippen LogP contribution is 2.24. The molecule has 4 nitrogen and oxygen atoms in total. The minimum absolute atomic E-state index is 0.239. The number of rotatable bonds is 6. The lowest BCUT2D eigenvalue weighted by molar-refractivity contribution is 0.0698. The second-order valence-corrected chi connectivity index (χ2v) is 5.91. The molecule has 0 amide bonds. The van der Waals surface area contributed by atoms with Crippen LogP contribution in [0.25, 0.3) is 10.8 Å². The van der Waals surface area contributed by atoms with Crippen molar-refractivity contribution in [2.75, 3.05) is 18.1 Å². The zero-order valence-corrected chi connectivity index (χ0v) is 12.4. The smallest absolute Gasteiger partial charge is 0.337 e. The lowest BCUT2D eigenvalue weighted by Crippen LogP contribution is -2.10. The van der Waals surface area contributed by atoms with Crippen molar-refractivity contribution in [2.45, 2.75) is 18.6 Å². The van der Waals surface area contributed by atoms with Gasteiger partial charge in [-0.2, -0.15) is 11.8 Å². The third kappa shape index (κ3) is 3.22. The van der Waals surface area contributed by atoms with E-state index in [0.29, 0.717) is 5.25 Å². The van der Waals surface area contributed by atoms with E-state index in [1.54, 1.807) is 0 Å². The van der Waals surface area contributed by atoms with Gasteiger partial charge in [0.25, 0.3) is 0 Å². The van der Waals surface area contributed by atoms with E-state index in [1.807, 2.05) is 36.0 Å². The molecule has 1 heterocycles. The summed E-state index contributed by atoms with van der Waals surface area (Å²) < 4.78 is 0. The minimum atomic E-state index is -0.948. The van der Waals surface area contributed by atoms with Crippen molar-refractivity contribution in [2.24, 2.45) is 0 Å². The number of fused-ring (bicyclic) bond motifs is 1. The number of nitrogens with one attached hydrogen (secondary N) is 1. The Bertz CT molecular complexity index is 616. The molecule has 2 rings (SSSR count). The van der Waals surface area contributed by atoms with E-state index < -0.39 is 5.97 Å². The van der Waals surface area contributed by atoms with Gasteiger partial charge >= 0.3 is 5.97 Å². The van der Waals surface area contributed by atoms with Crippen LogP contribution in [0.2, 0.25) is 0 Å². The summed E-state index contributed by atoms with van der Waals surface area (Å²) in [5, 5.41) is 14.7. The number of nitrogens with zero attached hydrogens (tertiary/aromatic N) is 1. The van der Waals surface area contributed by atoms with Crippen molar-refractivity contribution >= 4 is 34.3 Å². The Morgan fingerprint density at radius 3 is 2.75 bits per heavy atom. The maximum absolute atomic E-state index is 11.2. The molecular weight excluding hydrogens is 272 g/mol. The summed E-state index contributed by atoms with van der Waals surface area (Å²) in [5.41, 5.74) is 0.239. The fourth-order valence-corrected chi connectivity index (χ4v) is 2.37. The van der Waals surface area contributed by atoms with E-state index in [2.05, 4.69) is 23.5 Å². The molecule has 0 radical (unpaired) electrons. The Kier molecular flexibility index (Phi) is 4.84. The fourth-order valence-electron chi connectivity index (χ4n) is 2.02. The Hall–Kier alpha value is -1.75. The van der Waals surface area contributed by atoms with Gasteiger partial charge < -0.3 is 10.4 Å². The second kappa shape index (κ2) is 6.61. The maximum Gasteiger partial charge on any atom is 0.337 e. The van der Waals surface area contributed by atoms with Crippen molar-refractivity contribution in [3.8, 4) is 0 Å². The zero-order valence-electron chi connectivity index (χ0n) is 11.6. The topological polar surface area (TPSA) is 62.2 Å². The summed E-state index contributed by atoms with van der Waals surface area (Å²) in [4.78, 5) is 15.5. The van der Waals surface area contributed by atoms with Gasteiger partial charge in [0, 0.05) is 28.8 Å². The SMILES string of the molecule is CSC(C)CCNc1ncc(C(=O)O)c2ccccc12. The van der Waals surface area contributed by atoms with Gasteiger partial charge in [-0.3, -0.25) is 0 Å². The van der Waals surface area contributed by atoms with Gasteiger partial charge in [-0.1, -0.05) is 31.2 Å². The molecule has 5 heteroatoms. The van der Waals surface area contributed by atoms with Crippen molar-refractivity contribution in [1.82, 2.24) is 4.98 Å². The Morgan fingerprint density at radius 2 is 2.10 bits per heavy atom. The molecule has 2 N–H and O–H groups in total. The van der Waals surface area contributed by atoms with Gasteiger partial charge in [-0.25, -0.2) is 9.78 Å². The van der Waals surface area contributed by atoms with E-state index in [4.69, 9.17) is 0 Å². The first-order valence-corrected chi connectivity index (χ1v) is 7.80. The standard InChI is InChI=1S/C15H18N2O2S/c1-10(20-2)7-8-16-14-12-6-4-3-5-11(12)13(9-17-14)15(18)19/h3-6,9-10H,7-8H2,1-2H3,(H,16,17)(H,18,19). The Morgan fingerprint density at radius 1 is 1.40 bits per heavy atom. The summed E-state index contributed by atoms with van der Waals surface area (Å²) in [6, 6.07) is 7.45. The molecule has 0 saturated carbocycles. The predicted octanol–water partition coefficient (Wildman–Crippen LogP) is 3.49. The highest BCUT2D eigenvalue weighted by atomic mass is 32.2. The first kappa shape index (κ1) is 14.7. The largest absolute Gasteiger partial charge is 0.478 e. The van der Waals surface area contributed by atoms with Crippen molar-refractivity contribution in [1.29, 1.82) is 0 Å². The molecule has 0 aliphatic heterocycles. The molecule has 0 aliphatic carbocycles. The molecule has 2 aromatic rings. The quantitative estimate of drug-likeness (QED) is 0.852. The lowest BCUT2D eigenvalue weighted by Gasteiger charge is -2.12.